The monoisotopic (exact) mass is 288 g/mol. The molecule has 114 valence electrons. The SMILES string of the molecule is CCOc1ccc(-n2nnc(CN)c2C(CC)CC)cc1. The van der Waals surface area contributed by atoms with Crippen molar-refractivity contribution in [1.29, 1.82) is 0 Å². The molecule has 0 saturated heterocycles. The van der Waals surface area contributed by atoms with Gasteiger partial charge in [0.2, 0.25) is 0 Å². The normalized spacial score (nSPS) is 11.1. The molecule has 2 rings (SSSR count). The zero-order valence-electron chi connectivity index (χ0n) is 13.0. The molecule has 1 heterocycles. The van der Waals surface area contributed by atoms with E-state index in [4.69, 9.17) is 10.5 Å². The predicted octanol–water partition coefficient (Wildman–Crippen LogP) is 3.03. The lowest BCUT2D eigenvalue weighted by Gasteiger charge is -2.16. The maximum absolute atomic E-state index is 5.82. The largest absolute Gasteiger partial charge is 0.494 e. The van der Waals surface area contributed by atoms with Crippen LogP contribution in [-0.4, -0.2) is 21.6 Å². The van der Waals surface area contributed by atoms with E-state index in [1.165, 1.54) is 0 Å². The van der Waals surface area contributed by atoms with E-state index in [0.29, 0.717) is 19.1 Å². The van der Waals surface area contributed by atoms with E-state index in [0.717, 1.165) is 35.7 Å². The Labute approximate surface area is 126 Å². The van der Waals surface area contributed by atoms with Crippen LogP contribution in [0.5, 0.6) is 5.75 Å². The fraction of sp³-hybridized carbons (Fsp3) is 0.500. The van der Waals surface area contributed by atoms with Gasteiger partial charge in [-0.3, -0.25) is 0 Å². The molecule has 0 amide bonds. The van der Waals surface area contributed by atoms with Gasteiger partial charge >= 0.3 is 0 Å². The van der Waals surface area contributed by atoms with Gasteiger partial charge in [-0.2, -0.15) is 0 Å². The molecule has 0 bridgehead atoms. The standard InChI is InChI=1S/C16H24N4O/c1-4-12(5-2)16-15(11-17)18-19-20(16)13-7-9-14(10-8-13)21-6-3/h7-10,12H,4-6,11,17H2,1-3H3. The van der Waals surface area contributed by atoms with Gasteiger partial charge < -0.3 is 10.5 Å². The molecular formula is C16H24N4O. The Morgan fingerprint density at radius 1 is 1.14 bits per heavy atom. The average molecular weight is 288 g/mol. The molecule has 0 unspecified atom stereocenters. The molecule has 21 heavy (non-hydrogen) atoms. The molecule has 0 saturated carbocycles. The third-order valence-corrected chi connectivity index (χ3v) is 3.74. The zero-order chi connectivity index (χ0) is 15.2. The molecule has 0 fully saturated rings. The highest BCUT2D eigenvalue weighted by molar-refractivity contribution is 5.39. The maximum atomic E-state index is 5.82. The fourth-order valence-corrected chi connectivity index (χ4v) is 2.59. The summed E-state index contributed by atoms with van der Waals surface area (Å²) in [5, 5.41) is 8.54. The van der Waals surface area contributed by atoms with E-state index in [1.807, 2.05) is 35.9 Å². The topological polar surface area (TPSA) is 66.0 Å². The first-order valence-electron chi connectivity index (χ1n) is 7.62. The Balaban J connectivity index is 2.41. The van der Waals surface area contributed by atoms with Crippen LogP contribution in [-0.2, 0) is 6.54 Å². The van der Waals surface area contributed by atoms with Gasteiger partial charge in [0.25, 0.3) is 0 Å². The van der Waals surface area contributed by atoms with Crippen LogP contribution in [0.4, 0.5) is 0 Å². The molecule has 5 nitrogen and oxygen atoms in total. The Bertz CT molecular complexity index is 558. The van der Waals surface area contributed by atoms with Gasteiger partial charge in [-0.05, 0) is 44.0 Å². The summed E-state index contributed by atoms with van der Waals surface area (Å²) in [5.41, 5.74) is 8.83. The summed E-state index contributed by atoms with van der Waals surface area (Å²) < 4.78 is 7.39. The Morgan fingerprint density at radius 3 is 2.33 bits per heavy atom. The maximum Gasteiger partial charge on any atom is 0.119 e. The first-order chi connectivity index (χ1) is 10.2. The second-order valence-electron chi connectivity index (χ2n) is 4.98. The van der Waals surface area contributed by atoms with Crippen molar-refractivity contribution in [3.63, 3.8) is 0 Å². The minimum atomic E-state index is 0.420. The van der Waals surface area contributed by atoms with Crippen molar-refractivity contribution >= 4 is 0 Å². The smallest absolute Gasteiger partial charge is 0.119 e. The molecule has 5 heteroatoms. The molecule has 1 aromatic heterocycles. The van der Waals surface area contributed by atoms with E-state index in [1.54, 1.807) is 0 Å². The van der Waals surface area contributed by atoms with Gasteiger partial charge in [-0.25, -0.2) is 4.68 Å². The summed E-state index contributed by atoms with van der Waals surface area (Å²) in [6.07, 6.45) is 2.10. The molecule has 0 aliphatic rings. The van der Waals surface area contributed by atoms with Crippen LogP contribution in [0, 0.1) is 0 Å². The summed E-state index contributed by atoms with van der Waals surface area (Å²) in [4.78, 5) is 0. The quantitative estimate of drug-likeness (QED) is 0.850. The van der Waals surface area contributed by atoms with E-state index in [-0.39, 0.29) is 0 Å². The third-order valence-electron chi connectivity index (χ3n) is 3.74. The van der Waals surface area contributed by atoms with Gasteiger partial charge in [0.1, 0.15) is 11.4 Å². The predicted molar refractivity (Wildman–Crippen MR) is 83.7 cm³/mol. The van der Waals surface area contributed by atoms with Gasteiger partial charge in [0, 0.05) is 12.5 Å². The first-order valence-corrected chi connectivity index (χ1v) is 7.62. The van der Waals surface area contributed by atoms with Crippen LogP contribution in [0.2, 0.25) is 0 Å². The van der Waals surface area contributed by atoms with Crippen LogP contribution in [0.15, 0.2) is 24.3 Å². The zero-order valence-corrected chi connectivity index (χ0v) is 13.0. The third kappa shape index (κ3) is 3.24. The lowest BCUT2D eigenvalue weighted by Crippen LogP contribution is -2.10. The van der Waals surface area contributed by atoms with Gasteiger partial charge in [-0.15, -0.1) is 5.10 Å². The van der Waals surface area contributed by atoms with Gasteiger partial charge in [-0.1, -0.05) is 19.1 Å². The number of aromatic nitrogens is 3. The molecule has 0 aliphatic carbocycles. The summed E-state index contributed by atoms with van der Waals surface area (Å²) in [6.45, 7) is 7.43. The Kier molecular flexibility index (Phi) is 5.33. The van der Waals surface area contributed by atoms with Crippen molar-refractivity contribution in [3.05, 3.63) is 35.7 Å². The molecule has 2 aromatic rings. The van der Waals surface area contributed by atoms with Crippen LogP contribution in [0.3, 0.4) is 0 Å². The van der Waals surface area contributed by atoms with Crippen molar-refractivity contribution in [2.45, 2.75) is 46.1 Å². The highest BCUT2D eigenvalue weighted by Gasteiger charge is 2.20. The van der Waals surface area contributed by atoms with Crippen molar-refractivity contribution in [2.24, 2.45) is 5.73 Å². The van der Waals surface area contributed by atoms with E-state index in [9.17, 15) is 0 Å². The van der Waals surface area contributed by atoms with Crippen LogP contribution in [0.1, 0.15) is 50.9 Å². The number of nitrogens with zero attached hydrogens (tertiary/aromatic N) is 3. The van der Waals surface area contributed by atoms with Gasteiger partial charge in [0.15, 0.2) is 0 Å². The highest BCUT2D eigenvalue weighted by atomic mass is 16.5. The van der Waals surface area contributed by atoms with E-state index in [2.05, 4.69) is 24.2 Å². The van der Waals surface area contributed by atoms with Crippen molar-refractivity contribution in [2.75, 3.05) is 6.61 Å². The van der Waals surface area contributed by atoms with E-state index >= 15 is 0 Å². The second kappa shape index (κ2) is 7.22. The number of rotatable bonds is 7. The molecule has 0 radical (unpaired) electrons. The molecule has 0 atom stereocenters. The number of nitrogens with two attached hydrogens (primary N) is 1. The summed E-state index contributed by atoms with van der Waals surface area (Å²) in [6, 6.07) is 7.93. The van der Waals surface area contributed by atoms with Crippen molar-refractivity contribution < 1.29 is 4.74 Å². The highest BCUT2D eigenvalue weighted by Crippen LogP contribution is 2.27. The molecular weight excluding hydrogens is 264 g/mol. The minimum absolute atomic E-state index is 0.420. The van der Waals surface area contributed by atoms with Crippen molar-refractivity contribution in [3.8, 4) is 11.4 Å². The van der Waals surface area contributed by atoms with Crippen molar-refractivity contribution in [1.82, 2.24) is 15.0 Å². The second-order valence-corrected chi connectivity index (χ2v) is 4.98. The van der Waals surface area contributed by atoms with Crippen LogP contribution >= 0.6 is 0 Å². The molecule has 1 aromatic carbocycles. The molecule has 0 spiro atoms. The van der Waals surface area contributed by atoms with Gasteiger partial charge in [0.05, 0.1) is 18.0 Å². The molecule has 2 N–H and O–H groups in total. The number of benzene rings is 1. The summed E-state index contributed by atoms with van der Waals surface area (Å²) >= 11 is 0. The van der Waals surface area contributed by atoms with E-state index < -0.39 is 0 Å². The summed E-state index contributed by atoms with van der Waals surface area (Å²) in [5.74, 6) is 1.29. The number of hydrogen-bond donors (Lipinski definition) is 1. The number of hydrogen-bond acceptors (Lipinski definition) is 4. The first kappa shape index (κ1) is 15.5. The average Bonchev–Trinajstić information content (AvgIpc) is 2.94. The Hall–Kier alpha value is -1.88. The minimum Gasteiger partial charge on any atom is -0.494 e. The lowest BCUT2D eigenvalue weighted by atomic mass is 9.97. The van der Waals surface area contributed by atoms with Crippen LogP contribution in [0.25, 0.3) is 5.69 Å². The fourth-order valence-electron chi connectivity index (χ4n) is 2.59. The lowest BCUT2D eigenvalue weighted by molar-refractivity contribution is 0.340. The molecule has 0 aliphatic heterocycles. The summed E-state index contributed by atoms with van der Waals surface area (Å²) in [7, 11) is 0. The van der Waals surface area contributed by atoms with Crippen LogP contribution < -0.4 is 10.5 Å². The Morgan fingerprint density at radius 2 is 1.81 bits per heavy atom. The number of ether oxygens (including phenoxy) is 1.